The molecule has 28 heavy (non-hydrogen) atoms. The molecule has 9 nitrogen and oxygen atoms in total. The first-order valence-corrected chi connectivity index (χ1v) is 9.98. The minimum Gasteiger partial charge on any atom is -0.495 e. The first-order chi connectivity index (χ1) is 13.2. The molecule has 0 spiro atoms. The lowest BCUT2D eigenvalue weighted by molar-refractivity contribution is -0.385. The van der Waals surface area contributed by atoms with Crippen molar-refractivity contribution in [2.24, 2.45) is 0 Å². The number of benzene rings is 2. The second-order valence-corrected chi connectivity index (χ2v) is 7.98. The molecule has 1 aliphatic rings. The van der Waals surface area contributed by atoms with Gasteiger partial charge in [0.2, 0.25) is 5.91 Å². The van der Waals surface area contributed by atoms with Crippen molar-refractivity contribution in [3.8, 4) is 5.75 Å². The summed E-state index contributed by atoms with van der Waals surface area (Å²) < 4.78 is 33.4. The van der Waals surface area contributed by atoms with E-state index in [1.165, 1.54) is 55.3 Å². The zero-order chi connectivity index (χ0) is 20.5. The van der Waals surface area contributed by atoms with Crippen molar-refractivity contribution in [3.05, 3.63) is 52.1 Å². The number of sulfonamides is 1. The predicted octanol–water partition coefficient (Wildman–Crippen LogP) is 2.84. The number of nitro groups is 1. The molecule has 148 valence electrons. The van der Waals surface area contributed by atoms with Crippen LogP contribution in [0.2, 0.25) is 0 Å². The summed E-state index contributed by atoms with van der Waals surface area (Å²) in [5.74, 6) is 0.288. The number of ether oxygens (including phenoxy) is 1. The van der Waals surface area contributed by atoms with Gasteiger partial charge in [0.15, 0.2) is 0 Å². The Hall–Kier alpha value is -3.14. The second kappa shape index (κ2) is 7.47. The van der Waals surface area contributed by atoms with Gasteiger partial charge >= 0.3 is 0 Å². The van der Waals surface area contributed by atoms with Gasteiger partial charge in [0.1, 0.15) is 5.75 Å². The van der Waals surface area contributed by atoms with Crippen LogP contribution in [0.1, 0.15) is 18.4 Å². The van der Waals surface area contributed by atoms with E-state index >= 15 is 0 Å². The Morgan fingerprint density at radius 2 is 2.00 bits per heavy atom. The van der Waals surface area contributed by atoms with Crippen LogP contribution in [0.5, 0.6) is 5.75 Å². The maximum atomic E-state index is 12.9. The maximum Gasteiger partial charge on any atom is 0.274 e. The fourth-order valence-electron chi connectivity index (χ4n) is 3.09. The Balaban J connectivity index is 2.00. The van der Waals surface area contributed by atoms with E-state index in [9.17, 15) is 23.3 Å². The van der Waals surface area contributed by atoms with Crippen molar-refractivity contribution < 1.29 is 22.9 Å². The standard InChI is InChI=1S/C18H19N3O6S/c1-12-14(5-3-6-15(12)21(23)24)19-28(25,26)13-8-9-17(27-2)16(11-13)20-10-4-7-18(20)22/h3,5-6,8-9,11,19H,4,7,10H2,1-2H3. The highest BCUT2D eigenvalue weighted by Crippen LogP contribution is 2.34. The van der Waals surface area contributed by atoms with E-state index in [4.69, 9.17) is 4.74 Å². The van der Waals surface area contributed by atoms with Crippen LogP contribution in [0.25, 0.3) is 0 Å². The molecule has 1 N–H and O–H groups in total. The summed E-state index contributed by atoms with van der Waals surface area (Å²) in [6.45, 7) is 1.95. The Labute approximate surface area is 162 Å². The lowest BCUT2D eigenvalue weighted by atomic mass is 10.2. The van der Waals surface area contributed by atoms with Crippen molar-refractivity contribution in [2.45, 2.75) is 24.7 Å². The molecule has 3 rings (SSSR count). The number of nitro benzene ring substituents is 1. The molecular weight excluding hydrogens is 386 g/mol. The monoisotopic (exact) mass is 405 g/mol. The summed E-state index contributed by atoms with van der Waals surface area (Å²) in [5, 5.41) is 11.1. The van der Waals surface area contributed by atoms with Crippen LogP contribution in [0.4, 0.5) is 17.1 Å². The highest BCUT2D eigenvalue weighted by atomic mass is 32.2. The first-order valence-electron chi connectivity index (χ1n) is 8.50. The lowest BCUT2D eigenvalue weighted by Crippen LogP contribution is -2.25. The Kier molecular flexibility index (Phi) is 5.23. The summed E-state index contributed by atoms with van der Waals surface area (Å²) in [7, 11) is -2.60. The second-order valence-electron chi connectivity index (χ2n) is 6.29. The zero-order valence-corrected chi connectivity index (χ0v) is 16.2. The summed E-state index contributed by atoms with van der Waals surface area (Å²) in [6, 6.07) is 8.38. The van der Waals surface area contributed by atoms with Crippen LogP contribution in [-0.2, 0) is 14.8 Å². The maximum absolute atomic E-state index is 12.9. The third-order valence-electron chi connectivity index (χ3n) is 4.57. The van der Waals surface area contributed by atoms with Gasteiger partial charge < -0.3 is 9.64 Å². The average Bonchev–Trinajstić information content (AvgIpc) is 3.08. The van der Waals surface area contributed by atoms with Gasteiger partial charge in [-0.2, -0.15) is 0 Å². The molecule has 1 aliphatic heterocycles. The van der Waals surface area contributed by atoms with Crippen molar-refractivity contribution in [1.29, 1.82) is 0 Å². The Morgan fingerprint density at radius 3 is 2.61 bits per heavy atom. The Morgan fingerprint density at radius 1 is 1.25 bits per heavy atom. The number of nitrogens with one attached hydrogen (secondary N) is 1. The van der Waals surface area contributed by atoms with E-state index in [1.807, 2.05) is 0 Å². The average molecular weight is 405 g/mol. The minimum atomic E-state index is -4.04. The molecule has 1 amide bonds. The number of carbonyl (C=O) groups is 1. The van der Waals surface area contributed by atoms with Gasteiger partial charge in [0.25, 0.3) is 15.7 Å². The van der Waals surface area contributed by atoms with Gasteiger partial charge in [-0.3, -0.25) is 19.6 Å². The van der Waals surface area contributed by atoms with Gasteiger partial charge in [-0.15, -0.1) is 0 Å². The van der Waals surface area contributed by atoms with Crippen LogP contribution < -0.4 is 14.4 Å². The topological polar surface area (TPSA) is 119 Å². The van der Waals surface area contributed by atoms with Gasteiger partial charge in [-0.25, -0.2) is 8.42 Å². The van der Waals surface area contributed by atoms with Crippen molar-refractivity contribution in [2.75, 3.05) is 23.3 Å². The third kappa shape index (κ3) is 3.63. The number of rotatable bonds is 6. The van der Waals surface area contributed by atoms with Crippen molar-refractivity contribution in [3.63, 3.8) is 0 Å². The Bertz CT molecular complexity index is 1050. The molecule has 0 atom stereocenters. The SMILES string of the molecule is COc1ccc(S(=O)(=O)Nc2cccc([N+](=O)[O-])c2C)cc1N1CCCC1=O. The molecule has 0 saturated carbocycles. The van der Waals surface area contributed by atoms with E-state index in [-0.39, 0.29) is 27.7 Å². The van der Waals surface area contributed by atoms with Gasteiger partial charge in [-0.05, 0) is 37.6 Å². The molecule has 0 radical (unpaired) electrons. The number of methoxy groups -OCH3 is 1. The molecule has 2 aromatic carbocycles. The van der Waals surface area contributed by atoms with E-state index in [0.717, 1.165) is 0 Å². The van der Waals surface area contributed by atoms with Crippen molar-refractivity contribution in [1.82, 2.24) is 0 Å². The number of anilines is 2. The van der Waals surface area contributed by atoms with Gasteiger partial charge in [-0.1, -0.05) is 6.07 Å². The van der Waals surface area contributed by atoms with Crippen LogP contribution in [0.3, 0.4) is 0 Å². The van der Waals surface area contributed by atoms with Crippen molar-refractivity contribution >= 4 is 33.0 Å². The number of hydrogen-bond donors (Lipinski definition) is 1. The minimum absolute atomic E-state index is 0.0751. The fraction of sp³-hybridized carbons (Fsp3) is 0.278. The molecule has 0 aliphatic carbocycles. The third-order valence-corrected chi connectivity index (χ3v) is 5.93. The molecule has 0 aromatic heterocycles. The highest BCUT2D eigenvalue weighted by Gasteiger charge is 2.27. The van der Waals surface area contributed by atoms with Crippen LogP contribution in [0, 0.1) is 17.0 Å². The smallest absolute Gasteiger partial charge is 0.274 e. The predicted molar refractivity (Wildman–Crippen MR) is 103 cm³/mol. The van der Waals surface area contributed by atoms with Crippen LogP contribution >= 0.6 is 0 Å². The number of amides is 1. The number of carbonyl (C=O) groups excluding carboxylic acids is 1. The summed E-state index contributed by atoms with van der Waals surface area (Å²) in [6.07, 6.45) is 1.08. The van der Waals surface area contributed by atoms with E-state index in [2.05, 4.69) is 4.72 Å². The largest absolute Gasteiger partial charge is 0.495 e. The molecule has 0 bridgehead atoms. The number of hydrogen-bond acceptors (Lipinski definition) is 6. The summed E-state index contributed by atoms with van der Waals surface area (Å²) in [5.41, 5.74) is 0.519. The quantitative estimate of drug-likeness (QED) is 0.583. The van der Waals surface area contributed by atoms with Gasteiger partial charge in [0, 0.05) is 19.0 Å². The molecule has 0 unspecified atom stereocenters. The normalized spacial score (nSPS) is 14.2. The first kappa shape index (κ1) is 19.6. The van der Waals surface area contributed by atoms with Crippen LogP contribution in [0.15, 0.2) is 41.3 Å². The lowest BCUT2D eigenvalue weighted by Gasteiger charge is -2.20. The molecule has 1 heterocycles. The fourth-order valence-corrected chi connectivity index (χ4v) is 4.23. The highest BCUT2D eigenvalue weighted by molar-refractivity contribution is 7.92. The van der Waals surface area contributed by atoms with Gasteiger partial charge in [0.05, 0.1) is 33.9 Å². The molecular formula is C18H19N3O6S. The molecule has 1 fully saturated rings. The molecule has 10 heteroatoms. The zero-order valence-electron chi connectivity index (χ0n) is 15.3. The molecule has 2 aromatic rings. The molecule has 1 saturated heterocycles. The van der Waals surface area contributed by atoms with E-state index < -0.39 is 14.9 Å². The number of nitrogens with zero attached hydrogens (tertiary/aromatic N) is 2. The summed E-state index contributed by atoms with van der Waals surface area (Å²) in [4.78, 5) is 24.0. The van der Waals surface area contributed by atoms with E-state index in [1.54, 1.807) is 0 Å². The summed E-state index contributed by atoms with van der Waals surface area (Å²) >= 11 is 0. The van der Waals surface area contributed by atoms with E-state index in [0.29, 0.717) is 30.8 Å². The van der Waals surface area contributed by atoms with Crippen LogP contribution in [-0.4, -0.2) is 32.9 Å².